The number of imidazole rings is 1. The Labute approximate surface area is 363 Å². The summed E-state index contributed by atoms with van der Waals surface area (Å²) in [7, 11) is 2.11. The molecule has 4 heteroatoms. The third-order valence-corrected chi connectivity index (χ3v) is 12.6. The minimum atomic E-state index is -0.833. The average Bonchev–Trinajstić information content (AvgIpc) is 3.87. The number of fused-ring (bicyclic) bond motifs is 6. The van der Waals surface area contributed by atoms with Crippen LogP contribution >= 0.6 is 0 Å². The predicted octanol–water partition coefficient (Wildman–Crippen LogP) is 12.4. The molecule has 0 N–H and O–H groups in total. The van der Waals surface area contributed by atoms with E-state index in [1.54, 1.807) is 0 Å². The van der Waals surface area contributed by atoms with Crippen molar-refractivity contribution in [3.8, 4) is 33.6 Å². The van der Waals surface area contributed by atoms with Gasteiger partial charge in [-0.15, -0.1) is 41.0 Å². The van der Waals surface area contributed by atoms with Crippen molar-refractivity contribution in [2.24, 2.45) is 7.05 Å². The van der Waals surface area contributed by atoms with E-state index >= 15 is 0 Å². The summed E-state index contributed by atoms with van der Waals surface area (Å²) in [6, 6.07) is 62.5. The molecule has 10 rings (SSSR count). The van der Waals surface area contributed by atoms with Crippen molar-refractivity contribution >= 4 is 0 Å². The van der Waals surface area contributed by atoms with E-state index in [1.165, 1.54) is 55.6 Å². The number of benzene rings is 6. The average molecular weight is 945 g/mol. The molecule has 2 heterocycles. The molecule has 0 saturated heterocycles. The summed E-state index contributed by atoms with van der Waals surface area (Å²) in [4.78, 5) is 11.8. The van der Waals surface area contributed by atoms with Gasteiger partial charge in [0.1, 0.15) is 5.41 Å². The number of rotatable bonds is 5. The summed E-state index contributed by atoms with van der Waals surface area (Å²) in [5.41, 5.74) is 15.3. The molecule has 0 unspecified atom stereocenters. The molecule has 2 aliphatic carbocycles. The molecule has 6 aromatic carbocycles. The van der Waals surface area contributed by atoms with Gasteiger partial charge in [0.25, 0.3) is 0 Å². The number of pyridine rings is 1. The fourth-order valence-electron chi connectivity index (χ4n) is 9.79. The maximum Gasteiger partial charge on any atom is 2.00 e. The van der Waals surface area contributed by atoms with Gasteiger partial charge in [-0.25, -0.2) is 0 Å². The monoisotopic (exact) mass is 944 g/mol. The molecule has 0 amide bonds. The molecule has 0 aliphatic heterocycles. The molecule has 0 atom stereocenters. The molecule has 3 nitrogen and oxygen atoms in total. The molecule has 0 bridgehead atoms. The van der Waals surface area contributed by atoms with Crippen molar-refractivity contribution in [2.75, 3.05) is 0 Å². The van der Waals surface area contributed by atoms with Crippen LogP contribution in [-0.2, 0) is 49.8 Å². The van der Waals surface area contributed by atoms with Crippen LogP contribution in [0.5, 0.6) is 0 Å². The van der Waals surface area contributed by atoms with Crippen molar-refractivity contribution in [3.63, 3.8) is 0 Å². The van der Waals surface area contributed by atoms with Crippen LogP contribution in [-0.4, -0.2) is 14.5 Å². The molecule has 2 aromatic heterocycles. The molecule has 0 saturated carbocycles. The van der Waals surface area contributed by atoms with Gasteiger partial charge in [-0.05, 0) is 73.0 Å². The Hall–Kier alpha value is -5.63. The number of hydrogen-bond acceptors (Lipinski definition) is 2. The van der Waals surface area contributed by atoms with Gasteiger partial charge in [0.15, 0.2) is 0 Å². The molecule has 2 aliphatic rings. The molecular formula is C55H47N3Pt. The Morgan fingerprint density at radius 2 is 0.949 bits per heavy atom. The summed E-state index contributed by atoms with van der Waals surface area (Å²) in [6.45, 7) is 13.7. The smallest absolute Gasteiger partial charge is 0.373 e. The third-order valence-electron chi connectivity index (χ3n) is 12.6. The quantitative estimate of drug-likeness (QED) is 0.161. The molecule has 0 radical (unpaired) electrons. The van der Waals surface area contributed by atoms with Crippen molar-refractivity contribution in [2.45, 2.75) is 63.2 Å². The molecule has 59 heavy (non-hydrogen) atoms. The summed E-state index contributed by atoms with van der Waals surface area (Å²) >= 11 is 0. The Bertz CT molecular complexity index is 2800. The van der Waals surface area contributed by atoms with Gasteiger partial charge in [0, 0.05) is 13.2 Å². The Morgan fingerprint density at radius 3 is 1.44 bits per heavy atom. The topological polar surface area (TPSA) is 30.7 Å². The van der Waals surface area contributed by atoms with Crippen molar-refractivity contribution in [3.05, 3.63) is 226 Å². The van der Waals surface area contributed by atoms with Gasteiger partial charge in [0.05, 0.1) is 28.3 Å². The summed E-state index contributed by atoms with van der Waals surface area (Å²) < 4.78 is 2.18. The van der Waals surface area contributed by atoms with Crippen molar-refractivity contribution in [1.82, 2.24) is 14.5 Å². The maximum atomic E-state index is 6.08. The number of aryl methyl sites for hydroxylation is 1. The van der Waals surface area contributed by atoms with E-state index in [0.29, 0.717) is 0 Å². The van der Waals surface area contributed by atoms with Crippen LogP contribution in [0.25, 0.3) is 33.6 Å². The largest absolute Gasteiger partial charge is 2.00 e. The fraction of sp³-hybridized carbons (Fsp3) is 0.200. The van der Waals surface area contributed by atoms with Crippen LogP contribution in [0.4, 0.5) is 0 Å². The number of hydrogen-bond donors (Lipinski definition) is 0. The first kappa shape index (κ1) is 38.9. The summed E-state index contributed by atoms with van der Waals surface area (Å²) in [5.74, 6) is 0.878. The number of nitrogens with zero attached hydrogens (tertiary/aromatic N) is 3. The van der Waals surface area contributed by atoms with Gasteiger partial charge in [-0.3, -0.25) is 9.97 Å². The van der Waals surface area contributed by atoms with Crippen molar-refractivity contribution in [1.29, 1.82) is 0 Å². The Morgan fingerprint density at radius 1 is 0.475 bits per heavy atom. The Balaban J connectivity index is 0.00000449. The number of aromatic nitrogens is 3. The molecule has 292 valence electrons. The van der Waals surface area contributed by atoms with Crippen molar-refractivity contribution < 1.29 is 21.1 Å². The van der Waals surface area contributed by atoms with E-state index in [4.69, 9.17) is 9.97 Å². The van der Waals surface area contributed by atoms with Crippen LogP contribution in [0.15, 0.2) is 158 Å². The third kappa shape index (κ3) is 5.72. The second-order valence-electron chi connectivity index (χ2n) is 18.1. The first-order valence-corrected chi connectivity index (χ1v) is 20.4. The second kappa shape index (κ2) is 14.0. The van der Waals surface area contributed by atoms with E-state index in [-0.39, 0.29) is 31.9 Å². The SMILES string of the molecule is Cn1cc(C2(c3cc(C(C)(C)C)cc(C4(c5[c-]cccc5)c5ccccc5-c5ccccc54)n3)c3ccccc3-c3ccccc32)nc1-c1[c-]ccc(C(C)(C)C)c1.[Pt+2]. The van der Waals surface area contributed by atoms with Crippen LogP contribution in [0.3, 0.4) is 0 Å². The first-order chi connectivity index (χ1) is 27.9. The zero-order chi connectivity index (χ0) is 40.0. The van der Waals surface area contributed by atoms with E-state index in [9.17, 15) is 0 Å². The van der Waals surface area contributed by atoms with Gasteiger partial charge in [-0.1, -0.05) is 139 Å². The minimum absolute atomic E-state index is 0. The van der Waals surface area contributed by atoms with Gasteiger partial charge < -0.3 is 4.57 Å². The van der Waals surface area contributed by atoms with Crippen LogP contribution in [0.1, 0.15) is 97.6 Å². The zero-order valence-corrected chi connectivity index (χ0v) is 36.9. The van der Waals surface area contributed by atoms with E-state index in [0.717, 1.165) is 34.0 Å². The van der Waals surface area contributed by atoms with Crippen LogP contribution in [0.2, 0.25) is 0 Å². The minimum Gasteiger partial charge on any atom is -0.373 e. The maximum absolute atomic E-state index is 6.08. The van der Waals surface area contributed by atoms with Gasteiger partial charge >= 0.3 is 21.1 Å². The van der Waals surface area contributed by atoms with Crippen LogP contribution < -0.4 is 0 Å². The first-order valence-electron chi connectivity index (χ1n) is 20.4. The van der Waals surface area contributed by atoms with E-state index in [1.807, 2.05) is 12.1 Å². The standard InChI is InChI=1S/C55H47N3.Pt/c1-52(2,3)38-23-19-20-36(32-38)51-57-50(35-58(51)7)55(46-30-17-13-26-42(46)43-27-14-18-31-47(43)55)49-34-39(53(4,5)6)33-48(56-49)54(37-21-9-8-10-22-37)44-28-15-11-24-40(44)41-25-12-16-29-45(41)54;/h8-19,21,23-35H,1-7H3;/q-2;+2. The predicted molar refractivity (Wildman–Crippen MR) is 236 cm³/mol. The molecular weight excluding hydrogens is 898 g/mol. The fourth-order valence-corrected chi connectivity index (χ4v) is 9.79. The van der Waals surface area contributed by atoms with Gasteiger partial charge in [-0.2, -0.15) is 30.3 Å². The summed E-state index contributed by atoms with van der Waals surface area (Å²) in [5, 5.41) is 0. The van der Waals surface area contributed by atoms with E-state index in [2.05, 4.69) is 211 Å². The molecule has 0 spiro atoms. The Kier molecular flexibility index (Phi) is 9.22. The van der Waals surface area contributed by atoms with Crippen LogP contribution in [0, 0.1) is 12.1 Å². The normalized spacial score (nSPS) is 14.5. The second-order valence-corrected chi connectivity index (χ2v) is 18.1. The summed E-state index contributed by atoms with van der Waals surface area (Å²) in [6.07, 6.45) is 2.23. The molecule has 8 aromatic rings. The molecule has 0 fully saturated rings. The van der Waals surface area contributed by atoms with Gasteiger partial charge in [0.2, 0.25) is 0 Å². The zero-order valence-electron chi connectivity index (χ0n) is 34.7. The van der Waals surface area contributed by atoms with E-state index < -0.39 is 10.8 Å².